The lowest BCUT2D eigenvalue weighted by Gasteiger charge is -2.36. The van der Waals surface area contributed by atoms with Gasteiger partial charge in [0.15, 0.2) is 0 Å². The van der Waals surface area contributed by atoms with Crippen LogP contribution in [0.3, 0.4) is 0 Å². The molecule has 1 fully saturated rings. The number of anilines is 1. The Bertz CT molecular complexity index is 911. The number of aromatic amines is 1. The van der Waals surface area contributed by atoms with E-state index in [1.807, 2.05) is 30.0 Å². The van der Waals surface area contributed by atoms with Gasteiger partial charge in [0.05, 0.1) is 11.0 Å². The molecule has 2 heterocycles. The summed E-state index contributed by atoms with van der Waals surface area (Å²) in [6, 6.07) is 12.1. The van der Waals surface area contributed by atoms with Gasteiger partial charge >= 0.3 is 0 Å². The van der Waals surface area contributed by atoms with Crippen molar-refractivity contribution in [2.24, 2.45) is 0 Å². The highest BCUT2D eigenvalue weighted by atomic mass is 19.1. The summed E-state index contributed by atoms with van der Waals surface area (Å²) in [6.45, 7) is 4.67. The van der Waals surface area contributed by atoms with E-state index in [1.54, 1.807) is 12.1 Å². The monoisotopic (exact) mass is 338 g/mol. The van der Waals surface area contributed by atoms with Crippen molar-refractivity contribution in [3.8, 4) is 0 Å². The highest BCUT2D eigenvalue weighted by Gasteiger charge is 2.22. The number of fused-ring (bicyclic) bond motifs is 1. The normalized spacial score (nSPS) is 15.0. The maximum atomic E-state index is 13.0. The summed E-state index contributed by atoms with van der Waals surface area (Å²) < 4.78 is 13.0. The maximum Gasteiger partial charge on any atom is 0.254 e. The summed E-state index contributed by atoms with van der Waals surface area (Å²) in [5.74, 6) is 0.641. The van der Waals surface area contributed by atoms with Gasteiger partial charge in [-0.1, -0.05) is 0 Å². The average Bonchev–Trinajstić information content (AvgIpc) is 3.01. The Kier molecular flexibility index (Phi) is 3.87. The van der Waals surface area contributed by atoms with Crippen LogP contribution >= 0.6 is 0 Å². The van der Waals surface area contributed by atoms with Crippen LogP contribution in [0.1, 0.15) is 16.2 Å². The molecule has 0 atom stereocenters. The van der Waals surface area contributed by atoms with E-state index in [0.717, 1.165) is 35.6 Å². The number of carbonyl (C=O) groups is 1. The second kappa shape index (κ2) is 6.20. The minimum absolute atomic E-state index is 0.0351. The number of benzene rings is 2. The molecule has 5 nitrogen and oxygen atoms in total. The Hall–Kier alpha value is -2.89. The van der Waals surface area contributed by atoms with E-state index in [1.165, 1.54) is 12.1 Å². The number of H-pyrrole nitrogens is 1. The first-order valence-electron chi connectivity index (χ1n) is 8.36. The van der Waals surface area contributed by atoms with E-state index in [-0.39, 0.29) is 11.7 Å². The fraction of sp³-hybridized carbons (Fsp3) is 0.263. The molecule has 6 heteroatoms. The topological polar surface area (TPSA) is 52.2 Å². The van der Waals surface area contributed by atoms with E-state index < -0.39 is 0 Å². The Morgan fingerprint density at radius 1 is 1.08 bits per heavy atom. The molecule has 1 aromatic heterocycles. The molecule has 0 aliphatic carbocycles. The Morgan fingerprint density at radius 3 is 2.52 bits per heavy atom. The minimum atomic E-state index is -0.234. The van der Waals surface area contributed by atoms with Crippen LogP contribution in [-0.4, -0.2) is 47.0 Å². The highest BCUT2D eigenvalue weighted by Crippen LogP contribution is 2.19. The average molecular weight is 338 g/mol. The number of amides is 1. The standard InChI is InChI=1S/C19H19FN4O/c1-13-21-17-7-2-14(12-18(17)22-13)19(25)24-10-8-23(9-11-24)16-5-3-15(20)4-6-16/h2-7,12H,8-11H2,1H3,(H,21,22). The third-order valence-electron chi connectivity index (χ3n) is 4.61. The van der Waals surface area contributed by atoms with E-state index in [9.17, 15) is 9.18 Å². The number of carbonyl (C=O) groups excluding carboxylic acids is 1. The fourth-order valence-electron chi connectivity index (χ4n) is 3.27. The molecule has 1 N–H and O–H groups in total. The van der Waals surface area contributed by atoms with Crippen molar-refractivity contribution < 1.29 is 9.18 Å². The first-order chi connectivity index (χ1) is 12.1. The molecule has 1 saturated heterocycles. The number of piperazine rings is 1. The first kappa shape index (κ1) is 15.6. The van der Waals surface area contributed by atoms with Gasteiger partial charge in [0, 0.05) is 37.4 Å². The van der Waals surface area contributed by atoms with Crippen molar-refractivity contribution in [2.75, 3.05) is 31.1 Å². The molecule has 0 saturated carbocycles. The van der Waals surface area contributed by atoms with Gasteiger partial charge in [-0.15, -0.1) is 0 Å². The summed E-state index contributed by atoms with van der Waals surface area (Å²) in [5, 5.41) is 0. The number of aromatic nitrogens is 2. The fourth-order valence-corrected chi connectivity index (χ4v) is 3.27. The van der Waals surface area contributed by atoms with E-state index in [4.69, 9.17) is 0 Å². The van der Waals surface area contributed by atoms with Gasteiger partial charge in [0.2, 0.25) is 0 Å². The zero-order valence-electron chi connectivity index (χ0n) is 14.0. The minimum Gasteiger partial charge on any atom is -0.368 e. The van der Waals surface area contributed by atoms with Crippen LogP contribution in [0.5, 0.6) is 0 Å². The molecule has 1 aliphatic rings. The molecular weight excluding hydrogens is 319 g/mol. The van der Waals surface area contributed by atoms with Crippen LogP contribution in [0.2, 0.25) is 0 Å². The quantitative estimate of drug-likeness (QED) is 0.781. The van der Waals surface area contributed by atoms with Crippen molar-refractivity contribution in [1.29, 1.82) is 0 Å². The molecule has 4 rings (SSSR count). The zero-order chi connectivity index (χ0) is 17.4. The van der Waals surface area contributed by atoms with Crippen molar-refractivity contribution >= 4 is 22.6 Å². The van der Waals surface area contributed by atoms with Crippen LogP contribution in [0.15, 0.2) is 42.5 Å². The second-order valence-corrected chi connectivity index (χ2v) is 6.31. The molecule has 3 aromatic rings. The molecule has 2 aromatic carbocycles. The second-order valence-electron chi connectivity index (χ2n) is 6.31. The number of rotatable bonds is 2. The van der Waals surface area contributed by atoms with Crippen molar-refractivity contribution in [1.82, 2.24) is 14.9 Å². The lowest BCUT2D eigenvalue weighted by molar-refractivity contribution is 0.0747. The molecule has 0 radical (unpaired) electrons. The number of aryl methyl sites for hydroxylation is 1. The summed E-state index contributed by atoms with van der Waals surface area (Å²) >= 11 is 0. The summed E-state index contributed by atoms with van der Waals surface area (Å²) in [7, 11) is 0. The number of imidazole rings is 1. The molecule has 128 valence electrons. The van der Waals surface area contributed by atoms with Gasteiger partial charge in [-0.05, 0) is 49.4 Å². The highest BCUT2D eigenvalue weighted by molar-refractivity contribution is 5.97. The lowest BCUT2D eigenvalue weighted by atomic mass is 10.1. The Morgan fingerprint density at radius 2 is 1.80 bits per heavy atom. The van der Waals surface area contributed by atoms with Gasteiger partial charge in [-0.2, -0.15) is 0 Å². The van der Waals surface area contributed by atoms with Gasteiger partial charge in [0.1, 0.15) is 11.6 Å². The van der Waals surface area contributed by atoms with Crippen molar-refractivity contribution in [3.63, 3.8) is 0 Å². The first-order valence-corrected chi connectivity index (χ1v) is 8.36. The smallest absolute Gasteiger partial charge is 0.254 e. The third kappa shape index (κ3) is 3.07. The Labute approximate surface area is 145 Å². The van der Waals surface area contributed by atoms with E-state index >= 15 is 0 Å². The van der Waals surface area contributed by atoms with Gasteiger partial charge < -0.3 is 14.8 Å². The predicted molar refractivity (Wildman–Crippen MR) is 95.3 cm³/mol. The van der Waals surface area contributed by atoms with Gasteiger partial charge in [-0.3, -0.25) is 4.79 Å². The van der Waals surface area contributed by atoms with Gasteiger partial charge in [-0.25, -0.2) is 9.37 Å². The van der Waals surface area contributed by atoms with Gasteiger partial charge in [0.25, 0.3) is 5.91 Å². The molecule has 0 spiro atoms. The zero-order valence-corrected chi connectivity index (χ0v) is 14.0. The summed E-state index contributed by atoms with van der Waals surface area (Å²) in [4.78, 5) is 24.3. The lowest BCUT2D eigenvalue weighted by Crippen LogP contribution is -2.48. The Balaban J connectivity index is 1.45. The third-order valence-corrected chi connectivity index (χ3v) is 4.61. The van der Waals surface area contributed by atoms with E-state index in [2.05, 4.69) is 14.9 Å². The van der Waals surface area contributed by atoms with Crippen LogP contribution in [0.25, 0.3) is 11.0 Å². The van der Waals surface area contributed by atoms with Crippen LogP contribution in [-0.2, 0) is 0 Å². The molecule has 1 aliphatic heterocycles. The number of hydrogen-bond acceptors (Lipinski definition) is 3. The number of nitrogens with zero attached hydrogens (tertiary/aromatic N) is 3. The molecule has 0 bridgehead atoms. The van der Waals surface area contributed by atoms with Crippen molar-refractivity contribution in [3.05, 3.63) is 59.7 Å². The number of halogens is 1. The summed E-state index contributed by atoms with van der Waals surface area (Å²) in [5.41, 5.74) is 3.41. The van der Waals surface area contributed by atoms with Crippen LogP contribution < -0.4 is 4.90 Å². The maximum absolute atomic E-state index is 13.0. The van der Waals surface area contributed by atoms with Crippen molar-refractivity contribution in [2.45, 2.75) is 6.92 Å². The molecular formula is C19H19FN4O. The molecule has 0 unspecified atom stereocenters. The van der Waals surface area contributed by atoms with Crippen LogP contribution in [0.4, 0.5) is 10.1 Å². The van der Waals surface area contributed by atoms with E-state index in [0.29, 0.717) is 18.7 Å². The number of hydrogen-bond donors (Lipinski definition) is 1. The SMILES string of the molecule is Cc1nc2ccc(C(=O)N3CCN(c4ccc(F)cc4)CC3)cc2[nH]1. The van der Waals surface area contributed by atoms with Crippen LogP contribution in [0, 0.1) is 12.7 Å². The predicted octanol–water partition coefficient (Wildman–Crippen LogP) is 2.97. The summed E-state index contributed by atoms with van der Waals surface area (Å²) in [6.07, 6.45) is 0. The largest absolute Gasteiger partial charge is 0.368 e. The number of nitrogens with one attached hydrogen (secondary N) is 1. The molecule has 1 amide bonds. The molecule has 25 heavy (non-hydrogen) atoms.